The van der Waals surface area contributed by atoms with Crippen LogP contribution in [0.4, 0.5) is 0 Å². The van der Waals surface area contributed by atoms with Gasteiger partial charge >= 0.3 is 0 Å². The van der Waals surface area contributed by atoms with Crippen molar-refractivity contribution in [2.45, 2.75) is 0 Å². The van der Waals surface area contributed by atoms with Crippen LogP contribution >= 0.6 is 0 Å². The van der Waals surface area contributed by atoms with Crippen LogP contribution in [0.5, 0.6) is 0 Å². The molecule has 6 rings (SSSR count). The highest BCUT2D eigenvalue weighted by Gasteiger charge is 2.17. The summed E-state index contributed by atoms with van der Waals surface area (Å²) in [6, 6.07) is 7.74. The van der Waals surface area contributed by atoms with E-state index in [0.29, 0.717) is 17.2 Å². The highest BCUT2D eigenvalue weighted by atomic mass is 15.2. The zero-order valence-electron chi connectivity index (χ0n) is 15.5. The summed E-state index contributed by atoms with van der Waals surface area (Å²) in [7, 11) is 0. The quantitative estimate of drug-likeness (QED) is 0.474. The summed E-state index contributed by atoms with van der Waals surface area (Å²) in [5.74, 6) is 0.641. The first-order valence-electron chi connectivity index (χ1n) is 9.22. The molecule has 9 nitrogen and oxygen atoms in total. The summed E-state index contributed by atoms with van der Waals surface area (Å²) >= 11 is 0. The Labute approximate surface area is 169 Å². The molecule has 0 amide bonds. The van der Waals surface area contributed by atoms with Crippen LogP contribution in [-0.4, -0.2) is 45.1 Å². The van der Waals surface area contributed by atoms with Crippen molar-refractivity contribution in [2.24, 2.45) is 0 Å². The maximum Gasteiger partial charge on any atom is 0.159 e. The third kappa shape index (κ3) is 2.60. The molecule has 0 aliphatic carbocycles. The van der Waals surface area contributed by atoms with Crippen LogP contribution in [-0.2, 0) is 0 Å². The predicted molar refractivity (Wildman–Crippen MR) is 111 cm³/mol. The summed E-state index contributed by atoms with van der Waals surface area (Å²) in [5, 5.41) is 8.29. The number of H-pyrrole nitrogens is 2. The van der Waals surface area contributed by atoms with Crippen molar-refractivity contribution in [3.8, 4) is 33.9 Å². The second-order valence-corrected chi connectivity index (χ2v) is 6.70. The lowest BCUT2D eigenvalue weighted by molar-refractivity contribution is 1.09. The van der Waals surface area contributed by atoms with E-state index in [1.165, 1.54) is 6.33 Å². The molecule has 0 aliphatic heterocycles. The van der Waals surface area contributed by atoms with Crippen molar-refractivity contribution in [2.75, 3.05) is 0 Å². The Hall–Kier alpha value is -4.53. The number of nitrogens with one attached hydrogen (secondary N) is 2. The first-order chi connectivity index (χ1) is 14.9. The van der Waals surface area contributed by atoms with Gasteiger partial charge in [0.05, 0.1) is 16.6 Å². The molecule has 9 heteroatoms. The van der Waals surface area contributed by atoms with Crippen LogP contribution in [0.25, 0.3) is 56.0 Å². The van der Waals surface area contributed by atoms with Gasteiger partial charge in [0.15, 0.2) is 11.5 Å². The highest BCUT2D eigenvalue weighted by Crippen LogP contribution is 2.31. The Morgan fingerprint density at radius 3 is 2.47 bits per heavy atom. The second-order valence-electron chi connectivity index (χ2n) is 6.70. The fourth-order valence-electron chi connectivity index (χ4n) is 3.46. The molecule has 6 aromatic rings. The summed E-state index contributed by atoms with van der Waals surface area (Å²) in [4.78, 5) is 29.4. The molecule has 0 spiro atoms. The fourth-order valence-corrected chi connectivity index (χ4v) is 3.46. The molecular formula is C21H13N9. The summed E-state index contributed by atoms with van der Waals surface area (Å²) in [5.41, 5.74) is 6.55. The Balaban J connectivity index is 1.52. The number of hydrogen-bond donors (Lipinski definition) is 2. The third-order valence-electron chi connectivity index (χ3n) is 4.89. The van der Waals surface area contributed by atoms with Gasteiger partial charge in [0.25, 0.3) is 0 Å². The molecule has 0 unspecified atom stereocenters. The largest absolute Gasteiger partial charge is 0.336 e. The van der Waals surface area contributed by atoms with E-state index in [-0.39, 0.29) is 0 Å². The van der Waals surface area contributed by atoms with Crippen molar-refractivity contribution < 1.29 is 0 Å². The molecule has 2 N–H and O–H groups in total. The van der Waals surface area contributed by atoms with Crippen molar-refractivity contribution in [1.82, 2.24) is 45.1 Å². The van der Waals surface area contributed by atoms with E-state index in [1.807, 2.05) is 24.3 Å². The van der Waals surface area contributed by atoms with Crippen molar-refractivity contribution in [3.05, 3.63) is 67.8 Å². The van der Waals surface area contributed by atoms with Crippen molar-refractivity contribution in [3.63, 3.8) is 0 Å². The zero-order valence-corrected chi connectivity index (χ0v) is 15.5. The van der Waals surface area contributed by atoms with Gasteiger partial charge in [0.2, 0.25) is 0 Å². The molecule has 0 bridgehead atoms. The fraction of sp³-hybridized carbons (Fsp3) is 0. The standard InChI is InChI=1S/C21H13N9/c1-4-22-5-2-12(1)17-19-16(3-6-25-17)27-21(28-19)18-15-7-13(10-26-20(15)30-29-18)14-8-23-11-24-9-14/h1-11H,(H,27,28)(H,26,29,30). The summed E-state index contributed by atoms with van der Waals surface area (Å²) in [6.07, 6.45) is 12.0. The topological polar surface area (TPSA) is 122 Å². The smallest absolute Gasteiger partial charge is 0.159 e. The summed E-state index contributed by atoms with van der Waals surface area (Å²) < 4.78 is 0. The molecule has 0 radical (unpaired) electrons. The molecule has 0 fully saturated rings. The molecule has 6 heterocycles. The maximum atomic E-state index is 4.81. The lowest BCUT2D eigenvalue weighted by Gasteiger charge is -2.00. The van der Waals surface area contributed by atoms with Crippen molar-refractivity contribution in [1.29, 1.82) is 0 Å². The lowest BCUT2D eigenvalue weighted by atomic mass is 10.1. The van der Waals surface area contributed by atoms with Crippen LogP contribution < -0.4 is 0 Å². The number of aromatic nitrogens is 9. The highest BCUT2D eigenvalue weighted by molar-refractivity contribution is 5.96. The van der Waals surface area contributed by atoms with Gasteiger partial charge in [-0.15, -0.1) is 0 Å². The van der Waals surface area contributed by atoms with Gasteiger partial charge in [-0.1, -0.05) is 0 Å². The molecule has 30 heavy (non-hydrogen) atoms. The molecule has 0 saturated carbocycles. The van der Waals surface area contributed by atoms with Gasteiger partial charge < -0.3 is 4.98 Å². The molecular weight excluding hydrogens is 378 g/mol. The van der Waals surface area contributed by atoms with E-state index < -0.39 is 0 Å². The van der Waals surface area contributed by atoms with Gasteiger partial charge in [-0.2, -0.15) is 5.10 Å². The van der Waals surface area contributed by atoms with Gasteiger partial charge in [0.1, 0.15) is 17.5 Å². The zero-order chi connectivity index (χ0) is 19.9. The normalized spacial score (nSPS) is 11.3. The van der Waals surface area contributed by atoms with E-state index in [2.05, 4.69) is 40.1 Å². The number of imidazole rings is 1. The minimum atomic E-state index is 0.641. The molecule has 0 aliphatic rings. The van der Waals surface area contributed by atoms with Crippen LogP contribution in [0.2, 0.25) is 0 Å². The second kappa shape index (κ2) is 6.52. The average molecular weight is 391 g/mol. The average Bonchev–Trinajstić information content (AvgIpc) is 3.43. The summed E-state index contributed by atoms with van der Waals surface area (Å²) in [6.45, 7) is 0. The number of pyridine rings is 3. The molecule has 142 valence electrons. The van der Waals surface area contributed by atoms with E-state index in [4.69, 9.17) is 4.98 Å². The predicted octanol–water partition coefficient (Wildman–Crippen LogP) is 3.42. The monoisotopic (exact) mass is 391 g/mol. The molecule has 0 aromatic carbocycles. The number of aromatic amines is 2. The Bertz CT molecular complexity index is 1490. The third-order valence-corrected chi connectivity index (χ3v) is 4.89. The van der Waals surface area contributed by atoms with Gasteiger partial charge in [-0.3, -0.25) is 15.1 Å². The molecule has 0 saturated heterocycles. The Morgan fingerprint density at radius 2 is 1.60 bits per heavy atom. The minimum absolute atomic E-state index is 0.641. The van der Waals surface area contributed by atoms with Crippen LogP contribution in [0.1, 0.15) is 0 Å². The van der Waals surface area contributed by atoms with Gasteiger partial charge in [-0.25, -0.2) is 19.9 Å². The first-order valence-corrected chi connectivity index (χ1v) is 9.22. The number of fused-ring (bicyclic) bond motifs is 2. The van der Waals surface area contributed by atoms with Crippen LogP contribution in [0.3, 0.4) is 0 Å². The van der Waals surface area contributed by atoms with Crippen LogP contribution in [0, 0.1) is 0 Å². The Kier molecular flexibility index (Phi) is 3.57. The SMILES string of the molecule is c1cc(-c2nccc3[nH]c(-c4n[nH]c5ncc(-c6cncnc6)cc45)nc23)ccn1. The number of hydrogen-bond acceptors (Lipinski definition) is 7. The number of nitrogens with zero attached hydrogens (tertiary/aromatic N) is 7. The van der Waals surface area contributed by atoms with E-state index >= 15 is 0 Å². The number of rotatable bonds is 3. The maximum absolute atomic E-state index is 4.81. The minimum Gasteiger partial charge on any atom is -0.336 e. The van der Waals surface area contributed by atoms with E-state index in [9.17, 15) is 0 Å². The van der Waals surface area contributed by atoms with E-state index in [1.54, 1.807) is 37.2 Å². The van der Waals surface area contributed by atoms with Crippen LogP contribution in [0.15, 0.2) is 67.8 Å². The Morgan fingerprint density at radius 1 is 0.733 bits per heavy atom. The molecule has 6 aromatic heterocycles. The van der Waals surface area contributed by atoms with Gasteiger partial charge in [-0.05, 0) is 24.3 Å². The lowest BCUT2D eigenvalue weighted by Crippen LogP contribution is -1.86. The molecule has 0 atom stereocenters. The van der Waals surface area contributed by atoms with Crippen molar-refractivity contribution >= 4 is 22.1 Å². The van der Waals surface area contributed by atoms with E-state index in [0.717, 1.165) is 38.8 Å². The van der Waals surface area contributed by atoms with Gasteiger partial charge in [0, 0.05) is 53.9 Å². The first kappa shape index (κ1) is 16.4.